The molecule has 0 unspecified atom stereocenters. The van der Waals surface area contributed by atoms with Crippen LogP contribution < -0.4 is 0 Å². The van der Waals surface area contributed by atoms with Gasteiger partial charge >= 0.3 is 0 Å². The average molecular weight is 367 g/mol. The van der Waals surface area contributed by atoms with E-state index in [1.54, 1.807) is 0 Å². The van der Waals surface area contributed by atoms with Gasteiger partial charge in [-0.1, -0.05) is 26.0 Å². The summed E-state index contributed by atoms with van der Waals surface area (Å²) < 4.78 is 23.4. The van der Waals surface area contributed by atoms with Crippen molar-refractivity contribution in [1.82, 2.24) is 9.80 Å². The van der Waals surface area contributed by atoms with Crippen LogP contribution in [0.15, 0.2) is 12.1 Å². The Balaban J connectivity index is 1.62. The fourth-order valence-electron chi connectivity index (χ4n) is 3.99. The van der Waals surface area contributed by atoms with Gasteiger partial charge in [0.2, 0.25) is 0 Å². The molecule has 2 saturated heterocycles. The standard InChI is InChI=1S/C19H30N2O3S/c1-14(2)17-5-4-15(3)18(19(17)22)12-20-7-9-21(10-8-20)16-6-11-25(23,24)13-16/h4-5,14,16,22H,6-13H2,1-3H3/t16-/m1/s1. The third-order valence-corrected chi connectivity index (χ3v) is 7.43. The molecule has 0 aliphatic carbocycles. The van der Waals surface area contributed by atoms with E-state index in [4.69, 9.17) is 0 Å². The van der Waals surface area contributed by atoms with E-state index in [-0.39, 0.29) is 6.04 Å². The lowest BCUT2D eigenvalue weighted by molar-refractivity contribution is 0.0993. The topological polar surface area (TPSA) is 60.9 Å². The van der Waals surface area contributed by atoms with Crippen LogP contribution in [0.1, 0.15) is 42.9 Å². The summed E-state index contributed by atoms with van der Waals surface area (Å²) in [4.78, 5) is 4.70. The van der Waals surface area contributed by atoms with E-state index in [1.807, 2.05) is 6.07 Å². The SMILES string of the molecule is Cc1ccc(C(C)C)c(O)c1CN1CCN([C@@H]2CCS(=O)(=O)C2)CC1. The molecule has 1 aromatic rings. The minimum absolute atomic E-state index is 0.201. The molecule has 2 aliphatic rings. The van der Waals surface area contributed by atoms with Gasteiger partial charge in [0.1, 0.15) is 5.75 Å². The number of hydrogen-bond acceptors (Lipinski definition) is 5. The maximum Gasteiger partial charge on any atom is 0.151 e. The number of aryl methyl sites for hydroxylation is 1. The molecule has 0 amide bonds. The van der Waals surface area contributed by atoms with Crippen LogP contribution in [-0.4, -0.2) is 67.1 Å². The van der Waals surface area contributed by atoms with Crippen molar-refractivity contribution >= 4 is 9.84 Å². The lowest BCUT2D eigenvalue weighted by Gasteiger charge is -2.38. The van der Waals surface area contributed by atoms with Gasteiger partial charge in [-0.05, 0) is 30.4 Å². The molecule has 5 nitrogen and oxygen atoms in total. The lowest BCUT2D eigenvalue weighted by atomic mass is 9.95. The summed E-state index contributed by atoms with van der Waals surface area (Å²) in [6, 6.07) is 4.33. The van der Waals surface area contributed by atoms with Crippen molar-refractivity contribution in [3.8, 4) is 5.75 Å². The zero-order valence-corrected chi connectivity index (χ0v) is 16.3. The summed E-state index contributed by atoms with van der Waals surface area (Å²) >= 11 is 0. The zero-order valence-electron chi connectivity index (χ0n) is 15.5. The number of aromatic hydroxyl groups is 1. The molecular weight excluding hydrogens is 336 g/mol. The first-order valence-electron chi connectivity index (χ1n) is 9.25. The zero-order chi connectivity index (χ0) is 18.2. The van der Waals surface area contributed by atoms with Crippen molar-refractivity contribution in [2.45, 2.75) is 45.7 Å². The maximum absolute atomic E-state index is 11.7. The van der Waals surface area contributed by atoms with E-state index in [0.717, 1.165) is 55.8 Å². The molecule has 25 heavy (non-hydrogen) atoms. The number of hydrogen-bond donors (Lipinski definition) is 1. The molecule has 0 aromatic heterocycles. The predicted octanol–water partition coefficient (Wildman–Crippen LogP) is 2.13. The van der Waals surface area contributed by atoms with Gasteiger partial charge in [-0.3, -0.25) is 9.80 Å². The van der Waals surface area contributed by atoms with Gasteiger partial charge in [0.05, 0.1) is 11.5 Å². The van der Waals surface area contributed by atoms with E-state index in [2.05, 4.69) is 36.6 Å². The first kappa shape index (κ1) is 18.7. The number of phenols is 1. The summed E-state index contributed by atoms with van der Waals surface area (Å²) in [7, 11) is -2.82. The van der Waals surface area contributed by atoms with E-state index in [9.17, 15) is 13.5 Å². The molecule has 0 radical (unpaired) electrons. The minimum Gasteiger partial charge on any atom is -0.507 e. The Kier molecular flexibility index (Phi) is 5.42. The first-order chi connectivity index (χ1) is 11.8. The first-order valence-corrected chi connectivity index (χ1v) is 11.1. The Bertz CT molecular complexity index is 722. The Hall–Kier alpha value is -1.11. The van der Waals surface area contributed by atoms with Crippen LogP contribution in [0.3, 0.4) is 0 Å². The molecular formula is C19H30N2O3S. The molecule has 1 N–H and O–H groups in total. The Morgan fingerprint density at radius 1 is 1.20 bits per heavy atom. The van der Waals surface area contributed by atoms with E-state index in [0.29, 0.717) is 23.2 Å². The maximum atomic E-state index is 11.7. The number of benzene rings is 1. The number of piperazine rings is 1. The average Bonchev–Trinajstić information content (AvgIpc) is 2.91. The smallest absolute Gasteiger partial charge is 0.151 e. The summed E-state index contributed by atoms with van der Waals surface area (Å²) in [5, 5.41) is 10.6. The molecule has 2 fully saturated rings. The second-order valence-electron chi connectivity index (χ2n) is 7.82. The molecule has 140 valence electrons. The summed E-state index contributed by atoms with van der Waals surface area (Å²) in [6.07, 6.45) is 0.776. The van der Waals surface area contributed by atoms with Crippen molar-refractivity contribution < 1.29 is 13.5 Å². The van der Waals surface area contributed by atoms with Crippen LogP contribution in [0.4, 0.5) is 0 Å². The summed E-state index contributed by atoms with van der Waals surface area (Å²) in [6.45, 7) is 10.7. The molecule has 2 aliphatic heterocycles. The van der Waals surface area contributed by atoms with Gasteiger partial charge in [0.25, 0.3) is 0 Å². The highest BCUT2D eigenvalue weighted by Crippen LogP contribution is 2.32. The van der Waals surface area contributed by atoms with Gasteiger partial charge in [-0.25, -0.2) is 8.42 Å². The van der Waals surface area contributed by atoms with Crippen molar-refractivity contribution in [3.63, 3.8) is 0 Å². The largest absolute Gasteiger partial charge is 0.507 e. The Morgan fingerprint density at radius 2 is 1.88 bits per heavy atom. The summed E-state index contributed by atoms with van der Waals surface area (Å²) in [5.41, 5.74) is 3.17. The lowest BCUT2D eigenvalue weighted by Crippen LogP contribution is -2.50. The highest BCUT2D eigenvalue weighted by Gasteiger charge is 2.33. The van der Waals surface area contributed by atoms with Crippen LogP contribution in [0, 0.1) is 6.92 Å². The van der Waals surface area contributed by atoms with Gasteiger partial charge < -0.3 is 5.11 Å². The van der Waals surface area contributed by atoms with Crippen LogP contribution in [0.2, 0.25) is 0 Å². The number of sulfone groups is 1. The number of rotatable bonds is 4. The van der Waals surface area contributed by atoms with Gasteiger partial charge in [-0.2, -0.15) is 0 Å². The monoisotopic (exact) mass is 366 g/mol. The molecule has 0 saturated carbocycles. The second kappa shape index (κ2) is 7.25. The van der Waals surface area contributed by atoms with Crippen LogP contribution in [0.5, 0.6) is 5.75 Å². The fourth-order valence-corrected chi connectivity index (χ4v) is 5.76. The molecule has 3 rings (SSSR count). The predicted molar refractivity (Wildman–Crippen MR) is 101 cm³/mol. The van der Waals surface area contributed by atoms with Crippen molar-refractivity contribution in [1.29, 1.82) is 0 Å². The number of nitrogens with zero attached hydrogens (tertiary/aromatic N) is 2. The van der Waals surface area contributed by atoms with E-state index in [1.165, 1.54) is 0 Å². The molecule has 1 atom stereocenters. The Morgan fingerprint density at radius 3 is 2.44 bits per heavy atom. The van der Waals surface area contributed by atoms with Gasteiger partial charge in [0.15, 0.2) is 9.84 Å². The van der Waals surface area contributed by atoms with Crippen molar-refractivity contribution in [2.24, 2.45) is 0 Å². The van der Waals surface area contributed by atoms with Crippen molar-refractivity contribution in [2.75, 3.05) is 37.7 Å². The van der Waals surface area contributed by atoms with Gasteiger partial charge in [-0.15, -0.1) is 0 Å². The third kappa shape index (κ3) is 4.18. The Labute approximate surface area is 151 Å². The number of phenolic OH excluding ortho intramolecular Hbond substituents is 1. The highest BCUT2D eigenvalue weighted by atomic mass is 32.2. The van der Waals surface area contributed by atoms with Crippen LogP contribution in [-0.2, 0) is 16.4 Å². The van der Waals surface area contributed by atoms with Gasteiger partial charge in [0, 0.05) is 44.3 Å². The molecule has 2 heterocycles. The van der Waals surface area contributed by atoms with E-state index < -0.39 is 9.84 Å². The third-order valence-electron chi connectivity index (χ3n) is 5.68. The van der Waals surface area contributed by atoms with Crippen LogP contribution >= 0.6 is 0 Å². The quantitative estimate of drug-likeness (QED) is 0.885. The minimum atomic E-state index is -2.82. The normalized spacial score (nSPS) is 24.9. The molecule has 1 aromatic carbocycles. The van der Waals surface area contributed by atoms with E-state index >= 15 is 0 Å². The molecule has 0 bridgehead atoms. The fraction of sp³-hybridized carbons (Fsp3) is 0.684. The molecule has 6 heteroatoms. The summed E-state index contributed by atoms with van der Waals surface area (Å²) in [5.74, 6) is 1.41. The molecule has 0 spiro atoms. The van der Waals surface area contributed by atoms with Crippen LogP contribution in [0.25, 0.3) is 0 Å². The second-order valence-corrected chi connectivity index (χ2v) is 10.1. The highest BCUT2D eigenvalue weighted by molar-refractivity contribution is 7.91. The van der Waals surface area contributed by atoms with Crippen molar-refractivity contribution in [3.05, 3.63) is 28.8 Å².